The summed E-state index contributed by atoms with van der Waals surface area (Å²) in [5.41, 5.74) is 3.93. The first-order valence-electron chi connectivity index (χ1n) is 11.1. The molecule has 2 atom stereocenters. The summed E-state index contributed by atoms with van der Waals surface area (Å²) in [5, 5.41) is 40.4. The third-order valence-corrected chi connectivity index (χ3v) is 6.16. The predicted octanol–water partition coefficient (Wildman–Crippen LogP) is 5.95. The number of hydrogen-bond donors (Lipinski definition) is 4. The van der Waals surface area contributed by atoms with Crippen LogP contribution in [0.25, 0.3) is 12.2 Å². The van der Waals surface area contributed by atoms with E-state index in [1.165, 1.54) is 7.11 Å². The molecular weight excluding hydrogens is 444 g/mol. The van der Waals surface area contributed by atoms with Gasteiger partial charge in [-0.05, 0) is 70.8 Å². The lowest BCUT2D eigenvalue weighted by molar-refractivity contribution is 0.222. The topological polar surface area (TPSA) is 99.4 Å². The van der Waals surface area contributed by atoms with Gasteiger partial charge in [0.25, 0.3) is 0 Å². The third-order valence-electron chi connectivity index (χ3n) is 6.16. The number of benzene rings is 4. The number of aromatic hydroxyl groups is 4. The standard InChI is InChI=1S/C29H24O6/c1-34-25-16-20(8-13-23(25)32)27-28-24(33)14-18(3-2-17-4-9-21(30)10-5-17)15-26(28)35-29(27)19-6-11-22(31)12-7-19/h2-16,27,29-33H,1H3/b3-2+/t27-,29+/m0/s1. The van der Waals surface area contributed by atoms with E-state index in [4.69, 9.17) is 9.47 Å². The van der Waals surface area contributed by atoms with Crippen LogP contribution in [0.15, 0.2) is 78.9 Å². The largest absolute Gasteiger partial charge is 0.508 e. The number of fused-ring (bicyclic) bond motifs is 1. The molecule has 6 heteroatoms. The normalized spacial score (nSPS) is 16.7. The molecule has 0 fully saturated rings. The van der Waals surface area contributed by atoms with Gasteiger partial charge in [0.2, 0.25) is 0 Å². The SMILES string of the molecule is COc1cc([C@H]2c3c(O)cc(/C=C/c4ccc(O)cc4)cc3O[C@@H]2c2ccc(O)cc2)ccc1O. The molecule has 1 aliphatic heterocycles. The van der Waals surface area contributed by atoms with Crippen LogP contribution in [-0.2, 0) is 0 Å². The molecule has 1 aliphatic rings. The molecule has 1 heterocycles. The highest BCUT2D eigenvalue weighted by Gasteiger charge is 2.39. The van der Waals surface area contributed by atoms with Crippen molar-refractivity contribution in [3.8, 4) is 34.5 Å². The number of phenolic OH excluding ortho intramolecular Hbond substituents is 4. The highest BCUT2D eigenvalue weighted by atomic mass is 16.5. The summed E-state index contributed by atoms with van der Waals surface area (Å²) in [7, 11) is 1.49. The molecule has 0 saturated carbocycles. The molecule has 0 saturated heterocycles. The van der Waals surface area contributed by atoms with Crippen molar-refractivity contribution in [2.75, 3.05) is 7.11 Å². The summed E-state index contributed by atoms with van der Waals surface area (Å²) < 4.78 is 11.7. The van der Waals surface area contributed by atoms with Crippen molar-refractivity contribution in [2.24, 2.45) is 0 Å². The first-order chi connectivity index (χ1) is 16.9. The molecule has 0 aromatic heterocycles. The minimum atomic E-state index is -0.470. The Labute approximate surface area is 202 Å². The summed E-state index contributed by atoms with van der Waals surface area (Å²) in [6, 6.07) is 22.2. The maximum absolute atomic E-state index is 11.1. The Hall–Kier alpha value is -4.58. The predicted molar refractivity (Wildman–Crippen MR) is 133 cm³/mol. The number of ether oxygens (including phenoxy) is 2. The van der Waals surface area contributed by atoms with Crippen molar-refractivity contribution in [1.29, 1.82) is 0 Å². The Kier molecular flexibility index (Phi) is 5.71. The molecule has 0 unspecified atom stereocenters. The van der Waals surface area contributed by atoms with E-state index in [0.29, 0.717) is 17.1 Å². The third kappa shape index (κ3) is 4.34. The maximum Gasteiger partial charge on any atom is 0.160 e. The van der Waals surface area contributed by atoms with Crippen LogP contribution >= 0.6 is 0 Å². The van der Waals surface area contributed by atoms with Crippen LogP contribution in [0, 0.1) is 0 Å². The lowest BCUT2D eigenvalue weighted by Crippen LogP contribution is -2.11. The van der Waals surface area contributed by atoms with Crippen molar-refractivity contribution in [1.82, 2.24) is 0 Å². The molecule has 4 N–H and O–H groups in total. The molecule has 4 aromatic rings. The van der Waals surface area contributed by atoms with E-state index >= 15 is 0 Å². The van der Waals surface area contributed by atoms with E-state index < -0.39 is 6.10 Å². The van der Waals surface area contributed by atoms with Gasteiger partial charge in [0.1, 0.15) is 29.1 Å². The molecule has 0 amide bonds. The van der Waals surface area contributed by atoms with Crippen LogP contribution in [0.2, 0.25) is 0 Å². The summed E-state index contributed by atoms with van der Waals surface area (Å²) in [4.78, 5) is 0. The molecule has 6 nitrogen and oxygen atoms in total. The Morgan fingerprint density at radius 1 is 0.686 bits per heavy atom. The second kappa shape index (κ2) is 8.99. The highest BCUT2D eigenvalue weighted by molar-refractivity contribution is 5.73. The zero-order valence-electron chi connectivity index (χ0n) is 18.9. The fourth-order valence-corrected chi connectivity index (χ4v) is 4.43. The fourth-order valence-electron chi connectivity index (χ4n) is 4.43. The molecule has 0 bridgehead atoms. The minimum Gasteiger partial charge on any atom is -0.508 e. The lowest BCUT2D eigenvalue weighted by Gasteiger charge is -2.21. The Bertz CT molecular complexity index is 1390. The Morgan fingerprint density at radius 2 is 1.31 bits per heavy atom. The smallest absolute Gasteiger partial charge is 0.160 e. The quantitative estimate of drug-likeness (QED) is 0.270. The fraction of sp³-hybridized carbons (Fsp3) is 0.103. The van der Waals surface area contributed by atoms with Crippen molar-refractivity contribution in [3.05, 3.63) is 107 Å². The molecule has 4 aromatic carbocycles. The van der Waals surface area contributed by atoms with Crippen LogP contribution in [-0.4, -0.2) is 27.5 Å². The van der Waals surface area contributed by atoms with Gasteiger partial charge in [-0.1, -0.05) is 42.5 Å². The number of phenols is 4. The molecule has 35 heavy (non-hydrogen) atoms. The average Bonchev–Trinajstić information content (AvgIpc) is 3.24. The lowest BCUT2D eigenvalue weighted by atomic mass is 9.84. The van der Waals surface area contributed by atoms with E-state index in [2.05, 4.69) is 0 Å². The van der Waals surface area contributed by atoms with Gasteiger partial charge in [-0.25, -0.2) is 0 Å². The van der Waals surface area contributed by atoms with Crippen LogP contribution in [0.1, 0.15) is 39.8 Å². The summed E-state index contributed by atoms with van der Waals surface area (Å²) in [5.74, 6) is 0.958. The van der Waals surface area contributed by atoms with Gasteiger partial charge in [-0.3, -0.25) is 0 Å². The van der Waals surface area contributed by atoms with Crippen LogP contribution < -0.4 is 9.47 Å². The van der Waals surface area contributed by atoms with Gasteiger partial charge < -0.3 is 29.9 Å². The zero-order chi connectivity index (χ0) is 24.5. The number of hydrogen-bond acceptors (Lipinski definition) is 6. The van der Waals surface area contributed by atoms with Crippen molar-refractivity contribution in [3.63, 3.8) is 0 Å². The molecule has 176 valence electrons. The summed E-state index contributed by atoms with van der Waals surface area (Å²) in [6.07, 6.45) is 3.28. The summed E-state index contributed by atoms with van der Waals surface area (Å²) in [6.45, 7) is 0. The average molecular weight is 469 g/mol. The molecular formula is C29H24O6. The van der Waals surface area contributed by atoms with E-state index in [0.717, 1.165) is 22.3 Å². The van der Waals surface area contributed by atoms with Gasteiger partial charge in [-0.15, -0.1) is 0 Å². The monoisotopic (exact) mass is 468 g/mol. The minimum absolute atomic E-state index is 0.0236. The van der Waals surface area contributed by atoms with Gasteiger partial charge in [0.15, 0.2) is 11.5 Å². The molecule has 0 aliphatic carbocycles. The van der Waals surface area contributed by atoms with Gasteiger partial charge in [0.05, 0.1) is 13.0 Å². The van der Waals surface area contributed by atoms with Crippen molar-refractivity contribution < 1.29 is 29.9 Å². The van der Waals surface area contributed by atoms with Gasteiger partial charge in [-0.2, -0.15) is 0 Å². The van der Waals surface area contributed by atoms with Gasteiger partial charge >= 0.3 is 0 Å². The van der Waals surface area contributed by atoms with Crippen molar-refractivity contribution >= 4 is 12.2 Å². The Balaban J connectivity index is 1.58. The number of rotatable bonds is 5. The molecule has 0 spiro atoms. The first kappa shape index (κ1) is 22.2. The van der Waals surface area contributed by atoms with E-state index in [1.54, 1.807) is 72.8 Å². The van der Waals surface area contributed by atoms with Crippen LogP contribution in [0.4, 0.5) is 0 Å². The van der Waals surface area contributed by atoms with E-state index in [-0.39, 0.29) is 28.9 Å². The Morgan fingerprint density at radius 3 is 2.00 bits per heavy atom. The number of methoxy groups -OCH3 is 1. The molecule has 5 rings (SSSR count). The first-order valence-corrected chi connectivity index (χ1v) is 11.1. The van der Waals surface area contributed by atoms with Crippen LogP contribution in [0.5, 0.6) is 34.5 Å². The summed E-state index contributed by atoms with van der Waals surface area (Å²) >= 11 is 0. The maximum atomic E-state index is 11.1. The van der Waals surface area contributed by atoms with E-state index in [1.807, 2.05) is 18.2 Å². The molecule has 0 radical (unpaired) electrons. The second-order valence-electron chi connectivity index (χ2n) is 8.42. The van der Waals surface area contributed by atoms with Gasteiger partial charge in [0, 0.05) is 5.56 Å². The highest BCUT2D eigenvalue weighted by Crippen LogP contribution is 2.54. The van der Waals surface area contributed by atoms with Crippen LogP contribution in [0.3, 0.4) is 0 Å². The van der Waals surface area contributed by atoms with Crippen molar-refractivity contribution in [2.45, 2.75) is 12.0 Å². The van der Waals surface area contributed by atoms with E-state index in [9.17, 15) is 20.4 Å². The second-order valence-corrected chi connectivity index (χ2v) is 8.42. The zero-order valence-corrected chi connectivity index (χ0v) is 18.9.